The van der Waals surface area contributed by atoms with Crippen LogP contribution in [-0.4, -0.2) is 42.7 Å². The highest BCUT2D eigenvalue weighted by Gasteiger charge is 2.38. The van der Waals surface area contributed by atoms with E-state index in [1.807, 2.05) is 36.6 Å². The third-order valence-electron chi connectivity index (χ3n) is 5.87. The van der Waals surface area contributed by atoms with Crippen molar-refractivity contribution >= 4 is 29.5 Å². The molecule has 1 heterocycles. The minimum Gasteiger partial charge on any atom is -0.467 e. The molecular formula is C25H30N2O4S. The summed E-state index contributed by atoms with van der Waals surface area (Å²) in [5.74, 6) is -0.683. The Kier molecular flexibility index (Phi) is 8.33. The van der Waals surface area contributed by atoms with Crippen molar-refractivity contribution in [2.75, 3.05) is 13.4 Å². The average Bonchev–Trinajstić information content (AvgIpc) is 3.18. The molecule has 0 saturated carbocycles. The monoisotopic (exact) mass is 454 g/mol. The van der Waals surface area contributed by atoms with Crippen LogP contribution in [-0.2, 0) is 32.0 Å². The quantitative estimate of drug-likeness (QED) is 0.425. The zero-order valence-electron chi connectivity index (χ0n) is 18.6. The van der Waals surface area contributed by atoms with E-state index in [0.717, 1.165) is 11.1 Å². The Morgan fingerprint density at radius 2 is 1.84 bits per heavy atom. The molecule has 6 nitrogen and oxygen atoms in total. The van der Waals surface area contributed by atoms with Gasteiger partial charge in [-0.2, -0.15) is 0 Å². The van der Waals surface area contributed by atoms with Crippen LogP contribution in [0.5, 0.6) is 0 Å². The fourth-order valence-electron chi connectivity index (χ4n) is 4.12. The molecule has 0 radical (unpaired) electrons. The highest BCUT2D eigenvalue weighted by atomic mass is 32.2. The summed E-state index contributed by atoms with van der Waals surface area (Å²) in [7, 11) is 1.32. The Bertz CT molecular complexity index is 933. The van der Waals surface area contributed by atoms with Gasteiger partial charge in [0.05, 0.1) is 7.11 Å². The lowest BCUT2D eigenvalue weighted by molar-refractivity contribution is -0.145. The van der Waals surface area contributed by atoms with E-state index < -0.39 is 17.6 Å². The van der Waals surface area contributed by atoms with Crippen LogP contribution < -0.4 is 10.6 Å². The van der Waals surface area contributed by atoms with E-state index in [2.05, 4.69) is 34.9 Å². The molecule has 1 aliphatic heterocycles. The number of benzene rings is 2. The first-order chi connectivity index (χ1) is 15.4. The van der Waals surface area contributed by atoms with Gasteiger partial charge in [-0.3, -0.25) is 9.59 Å². The van der Waals surface area contributed by atoms with Crippen LogP contribution in [0, 0.1) is 0 Å². The lowest BCUT2D eigenvalue weighted by atomic mass is 9.85. The molecule has 170 valence electrons. The second kappa shape index (κ2) is 11.2. The van der Waals surface area contributed by atoms with E-state index in [-0.39, 0.29) is 18.2 Å². The molecule has 2 amide bonds. The lowest BCUT2D eigenvalue weighted by Gasteiger charge is -2.29. The molecule has 0 aliphatic carbocycles. The van der Waals surface area contributed by atoms with Crippen molar-refractivity contribution in [1.29, 1.82) is 0 Å². The van der Waals surface area contributed by atoms with E-state index in [1.54, 1.807) is 11.8 Å². The van der Waals surface area contributed by atoms with Gasteiger partial charge < -0.3 is 15.4 Å². The third kappa shape index (κ3) is 6.60. The molecule has 0 bridgehead atoms. The SMILES string of the molecule is COC(=O)[C@H](Cc1ccccc1)NC(=O)CCC1(Cc2ccc(SC)cc2)CCC(=O)N1. The van der Waals surface area contributed by atoms with Crippen LogP contribution in [0.3, 0.4) is 0 Å². The summed E-state index contributed by atoms with van der Waals surface area (Å²) in [6.45, 7) is 0. The van der Waals surface area contributed by atoms with Crippen molar-refractivity contribution in [3.05, 3.63) is 65.7 Å². The Balaban J connectivity index is 1.63. The van der Waals surface area contributed by atoms with Gasteiger partial charge in [-0.05, 0) is 48.8 Å². The molecule has 1 fully saturated rings. The molecule has 1 saturated heterocycles. The van der Waals surface area contributed by atoms with Crippen LogP contribution in [0.1, 0.15) is 36.8 Å². The number of esters is 1. The Hall–Kier alpha value is -2.80. The average molecular weight is 455 g/mol. The maximum atomic E-state index is 12.7. The molecule has 2 N–H and O–H groups in total. The second-order valence-electron chi connectivity index (χ2n) is 8.19. The number of thioether (sulfide) groups is 1. The largest absolute Gasteiger partial charge is 0.467 e. The van der Waals surface area contributed by atoms with Gasteiger partial charge in [0.2, 0.25) is 11.8 Å². The highest BCUT2D eigenvalue weighted by Crippen LogP contribution is 2.30. The molecule has 1 aliphatic rings. The third-order valence-corrected chi connectivity index (χ3v) is 6.61. The number of hydrogen-bond donors (Lipinski definition) is 2. The molecule has 3 rings (SSSR count). The van der Waals surface area contributed by atoms with Crippen molar-refractivity contribution in [3.8, 4) is 0 Å². The Morgan fingerprint density at radius 1 is 1.12 bits per heavy atom. The summed E-state index contributed by atoms with van der Waals surface area (Å²) < 4.78 is 4.88. The van der Waals surface area contributed by atoms with Gasteiger partial charge in [-0.25, -0.2) is 4.79 Å². The summed E-state index contributed by atoms with van der Waals surface area (Å²) in [4.78, 5) is 38.2. The summed E-state index contributed by atoms with van der Waals surface area (Å²) in [6.07, 6.45) is 4.94. The highest BCUT2D eigenvalue weighted by molar-refractivity contribution is 7.98. The van der Waals surface area contributed by atoms with Crippen molar-refractivity contribution in [3.63, 3.8) is 0 Å². The van der Waals surface area contributed by atoms with Crippen molar-refractivity contribution < 1.29 is 19.1 Å². The number of rotatable bonds is 10. The van der Waals surface area contributed by atoms with Crippen molar-refractivity contribution in [2.24, 2.45) is 0 Å². The molecule has 1 unspecified atom stereocenters. The van der Waals surface area contributed by atoms with Gasteiger partial charge in [0.1, 0.15) is 6.04 Å². The fourth-order valence-corrected chi connectivity index (χ4v) is 4.53. The van der Waals surface area contributed by atoms with Gasteiger partial charge in [0, 0.05) is 29.7 Å². The number of nitrogens with one attached hydrogen (secondary N) is 2. The number of ether oxygens (including phenoxy) is 1. The minimum absolute atomic E-state index is 0.0163. The number of amides is 2. The van der Waals surface area contributed by atoms with Crippen LogP contribution in [0.15, 0.2) is 59.5 Å². The predicted octanol–water partition coefficient (Wildman–Crippen LogP) is 3.28. The molecule has 7 heteroatoms. The first kappa shape index (κ1) is 23.9. The van der Waals surface area contributed by atoms with Crippen molar-refractivity contribution in [1.82, 2.24) is 10.6 Å². The van der Waals surface area contributed by atoms with E-state index in [4.69, 9.17) is 4.74 Å². The molecule has 2 aromatic rings. The van der Waals surface area contributed by atoms with Gasteiger partial charge >= 0.3 is 5.97 Å². The van der Waals surface area contributed by atoms with E-state index in [9.17, 15) is 14.4 Å². The number of hydrogen-bond acceptors (Lipinski definition) is 5. The van der Waals surface area contributed by atoms with E-state index in [0.29, 0.717) is 32.1 Å². The minimum atomic E-state index is -0.747. The molecule has 2 aromatic carbocycles. The molecular weight excluding hydrogens is 424 g/mol. The van der Waals surface area contributed by atoms with E-state index >= 15 is 0 Å². The summed E-state index contributed by atoms with van der Waals surface area (Å²) in [6, 6.07) is 17.1. The number of carbonyl (C=O) groups is 3. The van der Waals surface area contributed by atoms with Gasteiger partial charge in [0.25, 0.3) is 0 Å². The smallest absolute Gasteiger partial charge is 0.328 e. The van der Waals surface area contributed by atoms with Crippen LogP contribution in [0.2, 0.25) is 0 Å². The Morgan fingerprint density at radius 3 is 2.44 bits per heavy atom. The number of methoxy groups -OCH3 is 1. The summed E-state index contributed by atoms with van der Waals surface area (Å²) >= 11 is 1.68. The summed E-state index contributed by atoms with van der Waals surface area (Å²) in [5, 5.41) is 5.93. The maximum Gasteiger partial charge on any atom is 0.328 e. The van der Waals surface area contributed by atoms with Gasteiger partial charge in [-0.15, -0.1) is 11.8 Å². The first-order valence-corrected chi connectivity index (χ1v) is 12.0. The lowest BCUT2D eigenvalue weighted by Crippen LogP contribution is -2.46. The molecule has 2 atom stereocenters. The Labute approximate surface area is 193 Å². The standard InChI is InChI=1S/C25H30N2O4S/c1-31-24(30)21(16-18-6-4-3-5-7-18)26-22(28)12-14-25(15-13-23(29)27-25)17-19-8-10-20(32-2)11-9-19/h3-11,21H,12-17H2,1-2H3,(H,26,28)(H,27,29)/t21-,25?/m0/s1. The predicted molar refractivity (Wildman–Crippen MR) is 125 cm³/mol. The number of carbonyl (C=O) groups excluding carboxylic acids is 3. The topological polar surface area (TPSA) is 84.5 Å². The fraction of sp³-hybridized carbons (Fsp3) is 0.400. The van der Waals surface area contributed by atoms with Crippen molar-refractivity contribution in [2.45, 2.75) is 55.0 Å². The molecule has 0 spiro atoms. The van der Waals surface area contributed by atoms with Crippen LogP contribution >= 0.6 is 11.8 Å². The van der Waals surface area contributed by atoms with E-state index in [1.165, 1.54) is 12.0 Å². The maximum absolute atomic E-state index is 12.7. The molecule has 32 heavy (non-hydrogen) atoms. The zero-order chi connectivity index (χ0) is 23.0. The van der Waals surface area contributed by atoms with Gasteiger partial charge in [-0.1, -0.05) is 42.5 Å². The summed E-state index contributed by atoms with van der Waals surface area (Å²) in [5.41, 5.74) is 1.62. The molecule has 0 aromatic heterocycles. The van der Waals surface area contributed by atoms with Crippen LogP contribution in [0.25, 0.3) is 0 Å². The van der Waals surface area contributed by atoms with Gasteiger partial charge in [0.15, 0.2) is 0 Å². The first-order valence-electron chi connectivity index (χ1n) is 10.8. The zero-order valence-corrected chi connectivity index (χ0v) is 19.4. The second-order valence-corrected chi connectivity index (χ2v) is 9.07. The normalized spacial score (nSPS) is 18.6. The van der Waals surface area contributed by atoms with Crippen LogP contribution in [0.4, 0.5) is 0 Å².